The number of carbonyl (C=O) groups is 1. The van der Waals surface area contributed by atoms with E-state index in [0.717, 1.165) is 12.8 Å². The summed E-state index contributed by atoms with van der Waals surface area (Å²) in [5, 5.41) is 9.57. The van der Waals surface area contributed by atoms with Crippen molar-refractivity contribution in [1.82, 2.24) is 0 Å². The summed E-state index contributed by atoms with van der Waals surface area (Å²) in [6.45, 7) is 4.04. The Morgan fingerprint density at radius 1 is 1.33 bits per heavy atom. The molecule has 0 heterocycles. The number of benzene rings is 1. The third-order valence-electron chi connectivity index (χ3n) is 3.76. The maximum atomic E-state index is 13.0. The quantitative estimate of drug-likeness (QED) is 0.759. The SMILES string of the molecule is CCCC(CCC)(C(=O)N(C)c1cccc(O)c1)C(N)=S. The Morgan fingerprint density at radius 3 is 2.33 bits per heavy atom. The van der Waals surface area contributed by atoms with E-state index < -0.39 is 5.41 Å². The highest BCUT2D eigenvalue weighted by molar-refractivity contribution is 7.80. The first-order valence-corrected chi connectivity index (χ1v) is 7.67. The molecule has 4 nitrogen and oxygen atoms in total. The second kappa shape index (κ2) is 7.41. The number of anilines is 1. The lowest BCUT2D eigenvalue weighted by Gasteiger charge is -2.35. The Labute approximate surface area is 131 Å². The standard InChI is InChI=1S/C16H24N2O2S/c1-4-9-16(10-5-2,14(17)21)15(20)18(3)12-7-6-8-13(19)11-12/h6-8,11,19H,4-5,9-10H2,1-3H3,(H2,17,21). The molecule has 0 bridgehead atoms. The summed E-state index contributed by atoms with van der Waals surface area (Å²) in [6.07, 6.45) is 2.93. The molecule has 0 radical (unpaired) electrons. The van der Waals surface area contributed by atoms with Crippen LogP contribution in [0.2, 0.25) is 0 Å². The maximum absolute atomic E-state index is 13.0. The molecule has 0 spiro atoms. The molecule has 1 aromatic carbocycles. The van der Waals surface area contributed by atoms with Crippen molar-refractivity contribution in [3.8, 4) is 5.75 Å². The van der Waals surface area contributed by atoms with Crippen molar-refractivity contribution in [2.75, 3.05) is 11.9 Å². The number of nitrogens with two attached hydrogens (primary N) is 1. The van der Waals surface area contributed by atoms with Crippen LogP contribution in [0.3, 0.4) is 0 Å². The van der Waals surface area contributed by atoms with Gasteiger partial charge >= 0.3 is 0 Å². The van der Waals surface area contributed by atoms with Crippen molar-refractivity contribution in [3.63, 3.8) is 0 Å². The van der Waals surface area contributed by atoms with E-state index in [-0.39, 0.29) is 16.6 Å². The third-order valence-corrected chi connectivity index (χ3v) is 4.15. The molecule has 0 saturated carbocycles. The number of aromatic hydroxyl groups is 1. The van der Waals surface area contributed by atoms with Crippen LogP contribution < -0.4 is 10.6 Å². The highest BCUT2D eigenvalue weighted by Gasteiger charge is 2.42. The smallest absolute Gasteiger partial charge is 0.239 e. The predicted molar refractivity (Wildman–Crippen MR) is 90.6 cm³/mol. The molecule has 116 valence electrons. The fraction of sp³-hybridized carbons (Fsp3) is 0.500. The van der Waals surface area contributed by atoms with Crippen LogP contribution in [-0.4, -0.2) is 23.0 Å². The van der Waals surface area contributed by atoms with Crippen molar-refractivity contribution in [1.29, 1.82) is 0 Å². The highest BCUT2D eigenvalue weighted by Crippen LogP contribution is 2.34. The molecular formula is C16H24N2O2S. The van der Waals surface area contributed by atoms with Gasteiger partial charge in [-0.15, -0.1) is 0 Å². The number of phenols is 1. The van der Waals surface area contributed by atoms with Gasteiger partial charge in [-0.1, -0.05) is 45.0 Å². The van der Waals surface area contributed by atoms with Gasteiger partial charge in [0, 0.05) is 18.8 Å². The van der Waals surface area contributed by atoms with Crippen molar-refractivity contribution >= 4 is 28.8 Å². The van der Waals surface area contributed by atoms with E-state index in [0.29, 0.717) is 18.5 Å². The summed E-state index contributed by atoms with van der Waals surface area (Å²) >= 11 is 5.21. The third kappa shape index (κ3) is 3.73. The fourth-order valence-electron chi connectivity index (χ4n) is 2.68. The first kappa shape index (κ1) is 17.4. The van der Waals surface area contributed by atoms with E-state index in [2.05, 4.69) is 0 Å². The van der Waals surface area contributed by atoms with Crippen LogP contribution in [0.4, 0.5) is 5.69 Å². The Hall–Kier alpha value is -1.62. The largest absolute Gasteiger partial charge is 0.508 e. The molecule has 1 aromatic rings. The van der Waals surface area contributed by atoms with Crippen molar-refractivity contribution in [3.05, 3.63) is 24.3 Å². The minimum absolute atomic E-state index is 0.107. The van der Waals surface area contributed by atoms with Gasteiger partial charge in [0.25, 0.3) is 0 Å². The molecule has 0 aliphatic heterocycles. The van der Waals surface area contributed by atoms with E-state index in [1.165, 1.54) is 4.90 Å². The lowest BCUT2D eigenvalue weighted by atomic mass is 9.77. The minimum atomic E-state index is -0.807. The van der Waals surface area contributed by atoms with Crippen LogP contribution in [0.25, 0.3) is 0 Å². The van der Waals surface area contributed by atoms with Gasteiger partial charge in [-0.05, 0) is 25.0 Å². The summed E-state index contributed by atoms with van der Waals surface area (Å²) in [5.74, 6) is 0.0170. The minimum Gasteiger partial charge on any atom is -0.508 e. The van der Waals surface area contributed by atoms with E-state index >= 15 is 0 Å². The summed E-state index contributed by atoms with van der Waals surface area (Å²) in [5.41, 5.74) is 5.75. The molecule has 3 N–H and O–H groups in total. The summed E-state index contributed by atoms with van der Waals surface area (Å²) in [6, 6.07) is 6.61. The van der Waals surface area contributed by atoms with Gasteiger partial charge in [0.2, 0.25) is 5.91 Å². The summed E-state index contributed by atoms with van der Waals surface area (Å²) in [7, 11) is 1.69. The van der Waals surface area contributed by atoms with Crippen LogP contribution in [-0.2, 0) is 4.79 Å². The van der Waals surface area contributed by atoms with E-state index in [1.54, 1.807) is 31.3 Å². The summed E-state index contributed by atoms with van der Waals surface area (Å²) in [4.78, 5) is 14.8. The van der Waals surface area contributed by atoms with Gasteiger partial charge in [-0.2, -0.15) is 0 Å². The number of nitrogens with zero attached hydrogens (tertiary/aromatic N) is 1. The highest BCUT2D eigenvalue weighted by atomic mass is 32.1. The molecule has 0 aliphatic carbocycles. The monoisotopic (exact) mass is 308 g/mol. The topological polar surface area (TPSA) is 66.6 Å². The van der Waals surface area contributed by atoms with E-state index in [1.807, 2.05) is 13.8 Å². The normalized spacial score (nSPS) is 11.2. The molecule has 0 aliphatic rings. The van der Waals surface area contributed by atoms with Crippen LogP contribution in [0.1, 0.15) is 39.5 Å². The summed E-state index contributed by atoms with van der Waals surface area (Å²) < 4.78 is 0. The molecule has 0 aromatic heterocycles. The molecular weight excluding hydrogens is 284 g/mol. The Morgan fingerprint density at radius 2 is 1.90 bits per heavy atom. The Bertz CT molecular complexity index is 511. The predicted octanol–water partition coefficient (Wildman–Crippen LogP) is 3.23. The molecule has 5 heteroatoms. The van der Waals surface area contributed by atoms with Gasteiger partial charge in [0.1, 0.15) is 5.75 Å². The van der Waals surface area contributed by atoms with Gasteiger partial charge in [-0.25, -0.2) is 0 Å². The Balaban J connectivity index is 3.18. The maximum Gasteiger partial charge on any atom is 0.239 e. The zero-order valence-electron chi connectivity index (χ0n) is 12.9. The second-order valence-electron chi connectivity index (χ2n) is 5.33. The average Bonchev–Trinajstić information content (AvgIpc) is 2.45. The molecule has 0 atom stereocenters. The number of hydrogen-bond acceptors (Lipinski definition) is 3. The molecule has 0 unspecified atom stereocenters. The molecule has 1 rings (SSSR count). The van der Waals surface area contributed by atoms with E-state index in [4.69, 9.17) is 18.0 Å². The second-order valence-corrected chi connectivity index (χ2v) is 5.77. The van der Waals surface area contributed by atoms with Crippen molar-refractivity contribution in [2.24, 2.45) is 11.1 Å². The van der Waals surface area contributed by atoms with E-state index in [9.17, 15) is 9.90 Å². The van der Waals surface area contributed by atoms with Gasteiger partial charge < -0.3 is 15.7 Å². The van der Waals surface area contributed by atoms with Gasteiger partial charge in [0.05, 0.1) is 10.4 Å². The van der Waals surface area contributed by atoms with Crippen molar-refractivity contribution < 1.29 is 9.90 Å². The van der Waals surface area contributed by atoms with Gasteiger partial charge in [-0.3, -0.25) is 4.79 Å². The lowest BCUT2D eigenvalue weighted by Crippen LogP contribution is -2.49. The first-order chi connectivity index (χ1) is 9.89. The number of rotatable bonds is 7. The van der Waals surface area contributed by atoms with Crippen LogP contribution in [0.15, 0.2) is 24.3 Å². The number of hydrogen-bond donors (Lipinski definition) is 2. The number of thiocarbonyl (C=S) groups is 1. The molecule has 0 saturated heterocycles. The molecule has 21 heavy (non-hydrogen) atoms. The van der Waals surface area contributed by atoms with Gasteiger partial charge in [0.15, 0.2) is 0 Å². The molecule has 1 amide bonds. The fourth-order valence-corrected chi connectivity index (χ4v) is 2.98. The zero-order chi connectivity index (χ0) is 16.0. The zero-order valence-corrected chi connectivity index (χ0v) is 13.7. The van der Waals surface area contributed by atoms with Crippen LogP contribution >= 0.6 is 12.2 Å². The lowest BCUT2D eigenvalue weighted by molar-refractivity contribution is -0.125. The average molecular weight is 308 g/mol. The number of phenolic OH excluding ortho intramolecular Hbond substituents is 1. The van der Waals surface area contributed by atoms with Crippen molar-refractivity contribution in [2.45, 2.75) is 39.5 Å². The van der Waals surface area contributed by atoms with Crippen LogP contribution in [0.5, 0.6) is 5.75 Å². The van der Waals surface area contributed by atoms with Crippen LogP contribution in [0, 0.1) is 5.41 Å². The number of amides is 1. The molecule has 0 fully saturated rings. The Kier molecular flexibility index (Phi) is 6.15. The first-order valence-electron chi connectivity index (χ1n) is 7.26. The number of carbonyl (C=O) groups excluding carboxylic acids is 1.